The molecule has 1 saturated carbocycles. The smallest absolute Gasteiger partial charge is 0.341 e. The maximum absolute atomic E-state index is 14.9. The Balaban J connectivity index is 0.000000858. The predicted molar refractivity (Wildman–Crippen MR) is 109 cm³/mol. The van der Waals surface area contributed by atoms with E-state index in [9.17, 15) is 19.1 Å². The molecule has 3 heterocycles. The fourth-order valence-corrected chi connectivity index (χ4v) is 3.60. The first-order valence-corrected chi connectivity index (χ1v) is 9.47. The van der Waals surface area contributed by atoms with Crippen molar-refractivity contribution in [3.05, 3.63) is 33.9 Å². The quantitative estimate of drug-likeness (QED) is 0.453. The molecule has 2 aliphatic rings. The van der Waals surface area contributed by atoms with Crippen molar-refractivity contribution in [1.82, 2.24) is 9.55 Å². The number of carboxylic acids is 1. The van der Waals surface area contributed by atoms with E-state index < -0.39 is 17.2 Å². The number of carbonyl (C=O) groups is 2. The van der Waals surface area contributed by atoms with Crippen LogP contribution in [-0.2, 0) is 9.63 Å². The summed E-state index contributed by atoms with van der Waals surface area (Å²) >= 11 is 0. The summed E-state index contributed by atoms with van der Waals surface area (Å²) in [6.45, 7) is 0.823. The van der Waals surface area contributed by atoms with Crippen LogP contribution in [-0.4, -0.2) is 64.7 Å². The van der Waals surface area contributed by atoms with Gasteiger partial charge in [-0.15, -0.1) is 0 Å². The number of anilines is 1. The maximum atomic E-state index is 14.9. The molecular formula is C19H22FN5O6. The van der Waals surface area contributed by atoms with E-state index in [4.69, 9.17) is 20.5 Å². The van der Waals surface area contributed by atoms with E-state index in [0.29, 0.717) is 25.3 Å². The minimum atomic E-state index is -1.34. The molecule has 2 aromatic heterocycles. The summed E-state index contributed by atoms with van der Waals surface area (Å²) in [5.74, 6) is -2.03. The lowest BCUT2D eigenvalue weighted by Gasteiger charge is -2.19. The largest absolute Gasteiger partial charge is 0.483 e. The third-order valence-electron chi connectivity index (χ3n) is 5.17. The number of nitrogens with zero attached hydrogens (tertiary/aromatic N) is 4. The first-order chi connectivity index (χ1) is 14.9. The van der Waals surface area contributed by atoms with Gasteiger partial charge in [-0.25, -0.2) is 14.2 Å². The number of hydrogen-bond acceptors (Lipinski definition) is 8. The minimum Gasteiger partial charge on any atom is -0.483 e. The van der Waals surface area contributed by atoms with E-state index in [1.54, 1.807) is 9.47 Å². The van der Waals surface area contributed by atoms with Gasteiger partial charge >= 0.3 is 5.97 Å². The zero-order chi connectivity index (χ0) is 22.7. The zero-order valence-electron chi connectivity index (χ0n) is 16.7. The van der Waals surface area contributed by atoms with Crippen LogP contribution in [0.15, 0.2) is 22.2 Å². The van der Waals surface area contributed by atoms with Crippen molar-refractivity contribution >= 4 is 35.0 Å². The highest BCUT2D eigenvalue weighted by Crippen LogP contribution is 2.37. The van der Waals surface area contributed by atoms with Crippen LogP contribution < -0.4 is 16.1 Å². The summed E-state index contributed by atoms with van der Waals surface area (Å²) in [5, 5.41) is 20.1. The number of aromatic carboxylic acids is 1. The maximum Gasteiger partial charge on any atom is 0.341 e. The standard InChI is InChI=1S/C18H20FN5O4.CH2O2/c1-28-22-14-8-23(6-9(14)5-20)17-13(19)4-11-15(25)12(18(26)27)7-24(10-2-3-10)16(11)21-17;2-1-3/h4,7,9-10H,2-3,5-6,8,20H2,1H3,(H,26,27);1H,(H,2,3)/b22-14+;. The summed E-state index contributed by atoms with van der Waals surface area (Å²) in [4.78, 5) is 43.3. The molecule has 166 valence electrons. The van der Waals surface area contributed by atoms with Gasteiger partial charge in [0.1, 0.15) is 18.3 Å². The monoisotopic (exact) mass is 435 g/mol. The molecule has 4 N–H and O–H groups in total. The molecule has 1 saturated heterocycles. The Morgan fingerprint density at radius 1 is 1.48 bits per heavy atom. The number of pyridine rings is 2. The van der Waals surface area contributed by atoms with Gasteiger partial charge in [0.25, 0.3) is 6.47 Å². The van der Waals surface area contributed by atoms with Gasteiger partial charge in [-0.1, -0.05) is 5.16 Å². The highest BCUT2D eigenvalue weighted by atomic mass is 19.1. The van der Waals surface area contributed by atoms with Gasteiger partial charge in [0, 0.05) is 31.2 Å². The Kier molecular flexibility index (Phi) is 6.49. The number of aromatic nitrogens is 2. The SMILES string of the molecule is CO/N=C1\CN(c2nc3c(cc2F)c(=O)c(C(=O)O)cn3C2CC2)CC1CN.O=CO. The highest BCUT2D eigenvalue weighted by molar-refractivity contribution is 5.95. The molecule has 0 amide bonds. The molecule has 2 fully saturated rings. The van der Waals surface area contributed by atoms with E-state index in [0.717, 1.165) is 18.9 Å². The van der Waals surface area contributed by atoms with Gasteiger partial charge in [0.2, 0.25) is 5.43 Å². The Labute approximate surface area is 175 Å². The van der Waals surface area contributed by atoms with E-state index in [1.165, 1.54) is 13.3 Å². The van der Waals surface area contributed by atoms with Crippen molar-refractivity contribution in [2.45, 2.75) is 18.9 Å². The van der Waals surface area contributed by atoms with Crippen LogP contribution in [0.2, 0.25) is 0 Å². The summed E-state index contributed by atoms with van der Waals surface area (Å²) in [5.41, 5.74) is 5.65. The van der Waals surface area contributed by atoms with Crippen molar-refractivity contribution < 1.29 is 29.0 Å². The van der Waals surface area contributed by atoms with Crippen LogP contribution in [0.5, 0.6) is 0 Å². The van der Waals surface area contributed by atoms with Crippen molar-refractivity contribution in [2.24, 2.45) is 16.8 Å². The van der Waals surface area contributed by atoms with Crippen molar-refractivity contribution in [2.75, 3.05) is 31.6 Å². The molecule has 12 heteroatoms. The highest BCUT2D eigenvalue weighted by Gasteiger charge is 2.33. The zero-order valence-corrected chi connectivity index (χ0v) is 16.7. The molecule has 11 nitrogen and oxygen atoms in total. The van der Waals surface area contributed by atoms with Gasteiger partial charge in [0.05, 0.1) is 17.6 Å². The van der Waals surface area contributed by atoms with E-state index in [2.05, 4.69) is 10.1 Å². The molecule has 1 unspecified atom stereocenters. The second-order valence-electron chi connectivity index (χ2n) is 7.16. The minimum absolute atomic E-state index is 0.0339. The van der Waals surface area contributed by atoms with Crippen LogP contribution >= 0.6 is 0 Å². The second kappa shape index (κ2) is 9.08. The fraction of sp³-hybridized carbons (Fsp3) is 0.421. The van der Waals surface area contributed by atoms with E-state index in [-0.39, 0.29) is 40.8 Å². The lowest BCUT2D eigenvalue weighted by Crippen LogP contribution is -2.26. The number of hydrogen-bond donors (Lipinski definition) is 3. The van der Waals surface area contributed by atoms with E-state index >= 15 is 0 Å². The summed E-state index contributed by atoms with van der Waals surface area (Å²) in [7, 11) is 1.44. The molecule has 0 spiro atoms. The molecule has 0 bridgehead atoms. The Morgan fingerprint density at radius 2 is 2.16 bits per heavy atom. The molecule has 4 rings (SSSR count). The number of rotatable bonds is 5. The lowest BCUT2D eigenvalue weighted by atomic mass is 10.1. The van der Waals surface area contributed by atoms with Crippen LogP contribution in [0.1, 0.15) is 29.2 Å². The number of carboxylic acid groups (broad SMARTS) is 2. The molecular weight excluding hydrogens is 413 g/mol. The van der Waals surface area contributed by atoms with Crippen LogP contribution in [0.25, 0.3) is 11.0 Å². The number of halogens is 1. The molecule has 0 aromatic carbocycles. The van der Waals surface area contributed by atoms with Gasteiger partial charge in [0.15, 0.2) is 11.6 Å². The summed E-state index contributed by atoms with van der Waals surface area (Å²) in [6, 6.07) is 1.14. The Bertz CT molecular complexity index is 1100. The van der Waals surface area contributed by atoms with Gasteiger partial charge in [-0.05, 0) is 18.9 Å². The Morgan fingerprint density at radius 3 is 2.71 bits per heavy atom. The van der Waals surface area contributed by atoms with Crippen molar-refractivity contribution in [3.63, 3.8) is 0 Å². The number of nitrogens with two attached hydrogens (primary N) is 1. The first kappa shape index (κ1) is 22.2. The first-order valence-electron chi connectivity index (χ1n) is 9.47. The molecule has 0 radical (unpaired) electrons. The van der Waals surface area contributed by atoms with Crippen LogP contribution in [0.3, 0.4) is 0 Å². The van der Waals surface area contributed by atoms with Crippen LogP contribution in [0.4, 0.5) is 10.2 Å². The number of oxime groups is 1. The van der Waals surface area contributed by atoms with Gasteiger partial charge in [-0.2, -0.15) is 0 Å². The molecule has 31 heavy (non-hydrogen) atoms. The lowest BCUT2D eigenvalue weighted by molar-refractivity contribution is -0.122. The normalized spacial score (nSPS) is 19.3. The second-order valence-corrected chi connectivity index (χ2v) is 7.16. The topological polar surface area (TPSA) is 160 Å². The predicted octanol–water partition coefficient (Wildman–Crippen LogP) is 0.667. The van der Waals surface area contributed by atoms with Crippen molar-refractivity contribution in [3.8, 4) is 0 Å². The van der Waals surface area contributed by atoms with Gasteiger partial charge in [-0.3, -0.25) is 9.59 Å². The third kappa shape index (κ3) is 4.33. The number of fused-ring (bicyclic) bond motifs is 1. The fourth-order valence-electron chi connectivity index (χ4n) is 3.60. The Hall–Kier alpha value is -3.54. The molecule has 1 aliphatic carbocycles. The average molecular weight is 435 g/mol. The summed E-state index contributed by atoms with van der Waals surface area (Å²) < 4.78 is 16.5. The summed E-state index contributed by atoms with van der Waals surface area (Å²) in [6.07, 6.45) is 3.02. The average Bonchev–Trinajstić information content (AvgIpc) is 3.49. The molecule has 2 aromatic rings. The molecule has 1 aliphatic heterocycles. The van der Waals surface area contributed by atoms with Crippen molar-refractivity contribution in [1.29, 1.82) is 0 Å². The molecule has 1 atom stereocenters. The third-order valence-corrected chi connectivity index (χ3v) is 5.17. The van der Waals surface area contributed by atoms with Crippen LogP contribution in [0, 0.1) is 11.7 Å². The van der Waals surface area contributed by atoms with E-state index in [1.807, 2.05) is 0 Å². The van der Waals surface area contributed by atoms with Gasteiger partial charge < -0.3 is 30.3 Å².